The number of carboxylic acids is 1. The molecule has 1 aromatic heterocycles. The van der Waals surface area contributed by atoms with Crippen molar-refractivity contribution < 1.29 is 14.7 Å². The molecule has 0 aliphatic rings. The first-order chi connectivity index (χ1) is 16.2. The smallest absolute Gasteiger partial charge is 0.324 e. The van der Waals surface area contributed by atoms with Crippen molar-refractivity contribution in [1.82, 2.24) is 9.78 Å². The van der Waals surface area contributed by atoms with E-state index in [-0.39, 0.29) is 12.0 Å². The summed E-state index contributed by atoms with van der Waals surface area (Å²) < 4.78 is 1.65. The Labute approximate surface area is 197 Å². The lowest BCUT2D eigenvalue weighted by Gasteiger charge is -2.14. The molecular weight excluding hydrogens is 430 g/mol. The number of fused-ring (bicyclic) bond motifs is 1. The van der Waals surface area contributed by atoms with Gasteiger partial charge in [-0.2, -0.15) is 5.10 Å². The van der Waals surface area contributed by atoms with E-state index >= 15 is 0 Å². The van der Waals surface area contributed by atoms with Gasteiger partial charge in [0.2, 0.25) is 0 Å². The molecule has 8 heteroatoms. The highest BCUT2D eigenvalue weighted by molar-refractivity contribution is 6.06. The molecule has 0 spiro atoms. The van der Waals surface area contributed by atoms with Crippen LogP contribution in [-0.4, -0.2) is 33.4 Å². The van der Waals surface area contributed by atoms with Crippen LogP contribution in [0.25, 0.3) is 16.5 Å². The van der Waals surface area contributed by atoms with Crippen molar-refractivity contribution in [3.05, 3.63) is 78.5 Å². The summed E-state index contributed by atoms with van der Waals surface area (Å²) in [4.78, 5) is 23.9. The van der Waals surface area contributed by atoms with Gasteiger partial charge in [-0.3, -0.25) is 10.1 Å². The number of nitrogens with one attached hydrogen (secondary N) is 3. The van der Waals surface area contributed by atoms with Crippen molar-refractivity contribution in [1.29, 1.82) is 0 Å². The standard InChI is InChI=1S/C26H27N5O3/c1-26(2,3)22-15-23(31(30-22)19-11-7-10-18(14-19)27-16-24(32)33)29-25(34)28-21-13-6-9-17-8-4-5-12-20(17)21/h4-15,27H,16H2,1-3H3,(H,32,33)(H2,28,29,34). The van der Waals surface area contributed by atoms with Gasteiger partial charge in [0.05, 0.1) is 17.1 Å². The molecule has 4 rings (SSSR count). The van der Waals surface area contributed by atoms with Crippen molar-refractivity contribution in [2.24, 2.45) is 0 Å². The van der Waals surface area contributed by atoms with Crippen LogP contribution in [-0.2, 0) is 10.2 Å². The quantitative estimate of drug-likeness (QED) is 0.307. The third kappa shape index (κ3) is 5.17. The highest BCUT2D eigenvalue weighted by Crippen LogP contribution is 2.28. The van der Waals surface area contributed by atoms with Crippen LogP contribution in [0.2, 0.25) is 0 Å². The zero-order valence-electron chi connectivity index (χ0n) is 19.3. The maximum atomic E-state index is 13.0. The van der Waals surface area contributed by atoms with Crippen molar-refractivity contribution in [2.45, 2.75) is 26.2 Å². The van der Waals surface area contributed by atoms with Gasteiger partial charge in [0.15, 0.2) is 0 Å². The van der Waals surface area contributed by atoms with Gasteiger partial charge in [-0.15, -0.1) is 0 Å². The molecule has 8 nitrogen and oxygen atoms in total. The average molecular weight is 458 g/mol. The fourth-order valence-electron chi connectivity index (χ4n) is 3.56. The van der Waals surface area contributed by atoms with Gasteiger partial charge in [0.1, 0.15) is 12.4 Å². The molecule has 0 saturated carbocycles. The molecule has 174 valence electrons. The van der Waals surface area contributed by atoms with E-state index in [1.165, 1.54) is 0 Å². The molecule has 0 unspecified atom stereocenters. The normalized spacial score (nSPS) is 11.3. The lowest BCUT2D eigenvalue weighted by atomic mass is 9.92. The highest BCUT2D eigenvalue weighted by Gasteiger charge is 2.22. The van der Waals surface area contributed by atoms with E-state index in [2.05, 4.69) is 16.0 Å². The number of benzene rings is 3. The number of anilines is 3. The lowest BCUT2D eigenvalue weighted by Crippen LogP contribution is -2.21. The van der Waals surface area contributed by atoms with E-state index in [1.54, 1.807) is 22.9 Å². The Balaban J connectivity index is 1.64. The summed E-state index contributed by atoms with van der Waals surface area (Å²) in [6.07, 6.45) is 0. The monoisotopic (exact) mass is 457 g/mol. The van der Waals surface area contributed by atoms with Crippen LogP contribution in [0.3, 0.4) is 0 Å². The summed E-state index contributed by atoms with van der Waals surface area (Å²) in [6, 6.07) is 22.3. The molecule has 0 atom stereocenters. The average Bonchev–Trinajstić information content (AvgIpc) is 3.22. The Morgan fingerprint density at radius 1 is 0.941 bits per heavy atom. The predicted molar refractivity (Wildman–Crippen MR) is 135 cm³/mol. The molecule has 0 saturated heterocycles. The van der Waals surface area contributed by atoms with Gasteiger partial charge < -0.3 is 15.7 Å². The van der Waals surface area contributed by atoms with E-state index in [0.29, 0.717) is 22.9 Å². The van der Waals surface area contributed by atoms with Gasteiger partial charge in [-0.25, -0.2) is 9.48 Å². The van der Waals surface area contributed by atoms with E-state index in [1.807, 2.05) is 75.4 Å². The minimum atomic E-state index is -0.952. The Bertz CT molecular complexity index is 1350. The van der Waals surface area contributed by atoms with Crippen molar-refractivity contribution in [2.75, 3.05) is 22.5 Å². The first-order valence-electron chi connectivity index (χ1n) is 10.9. The van der Waals surface area contributed by atoms with E-state index in [9.17, 15) is 9.59 Å². The molecule has 0 radical (unpaired) electrons. The topological polar surface area (TPSA) is 108 Å². The molecule has 4 N–H and O–H groups in total. The molecule has 1 heterocycles. The number of carbonyl (C=O) groups is 2. The molecule has 34 heavy (non-hydrogen) atoms. The SMILES string of the molecule is CC(C)(C)c1cc(NC(=O)Nc2cccc3ccccc23)n(-c2cccc(NCC(=O)O)c2)n1. The summed E-state index contributed by atoms with van der Waals surface area (Å²) in [7, 11) is 0. The zero-order chi connectivity index (χ0) is 24.3. The van der Waals surface area contributed by atoms with Crippen molar-refractivity contribution >= 4 is 40.0 Å². The third-order valence-electron chi connectivity index (χ3n) is 5.29. The number of rotatable bonds is 6. The second-order valence-corrected chi connectivity index (χ2v) is 8.98. The molecule has 0 fully saturated rings. The molecule has 3 aromatic carbocycles. The number of nitrogens with zero attached hydrogens (tertiary/aromatic N) is 2. The first kappa shape index (κ1) is 22.8. The Hall–Kier alpha value is -4.33. The number of carbonyl (C=O) groups excluding carboxylic acids is 1. The fraction of sp³-hybridized carbons (Fsp3) is 0.192. The van der Waals surface area contributed by atoms with Gasteiger partial charge in [0, 0.05) is 22.6 Å². The number of hydrogen-bond donors (Lipinski definition) is 4. The van der Waals surface area contributed by atoms with E-state index in [0.717, 1.165) is 16.5 Å². The lowest BCUT2D eigenvalue weighted by molar-refractivity contribution is -0.134. The first-order valence-corrected chi connectivity index (χ1v) is 10.9. The fourth-order valence-corrected chi connectivity index (χ4v) is 3.56. The number of aliphatic carboxylic acids is 1. The highest BCUT2D eigenvalue weighted by atomic mass is 16.4. The van der Waals surface area contributed by atoms with Crippen LogP contribution in [0.1, 0.15) is 26.5 Å². The van der Waals surface area contributed by atoms with Gasteiger partial charge in [-0.05, 0) is 29.7 Å². The minimum Gasteiger partial charge on any atom is -0.480 e. The molecule has 0 bridgehead atoms. The second-order valence-electron chi connectivity index (χ2n) is 8.98. The minimum absolute atomic E-state index is 0.200. The largest absolute Gasteiger partial charge is 0.480 e. The van der Waals surface area contributed by atoms with Gasteiger partial charge in [-0.1, -0.05) is 63.2 Å². The van der Waals surface area contributed by atoms with Crippen LogP contribution in [0.15, 0.2) is 72.8 Å². The molecule has 0 aliphatic carbocycles. The van der Waals surface area contributed by atoms with Crippen LogP contribution < -0.4 is 16.0 Å². The molecule has 4 aromatic rings. The summed E-state index contributed by atoms with van der Waals surface area (Å²) in [5, 5.41) is 24.4. The van der Waals surface area contributed by atoms with Crippen molar-refractivity contribution in [3.63, 3.8) is 0 Å². The zero-order valence-corrected chi connectivity index (χ0v) is 19.3. The molecular formula is C26H27N5O3. The van der Waals surface area contributed by atoms with E-state index in [4.69, 9.17) is 10.2 Å². The van der Waals surface area contributed by atoms with Gasteiger partial charge in [0.25, 0.3) is 0 Å². The summed E-state index contributed by atoms with van der Waals surface area (Å²) in [5.74, 6) is -0.454. The van der Waals surface area contributed by atoms with E-state index < -0.39 is 12.0 Å². The number of urea groups is 1. The van der Waals surface area contributed by atoms with Crippen LogP contribution in [0, 0.1) is 0 Å². The number of aromatic nitrogens is 2. The number of carboxylic acid groups (broad SMARTS) is 1. The predicted octanol–water partition coefficient (Wildman–Crippen LogP) is 5.46. The van der Waals surface area contributed by atoms with Gasteiger partial charge >= 0.3 is 12.0 Å². The summed E-state index contributed by atoms with van der Waals surface area (Å²) in [6.45, 7) is 5.94. The van der Waals surface area contributed by atoms with Crippen LogP contribution >= 0.6 is 0 Å². The molecule has 2 amide bonds. The van der Waals surface area contributed by atoms with Crippen molar-refractivity contribution in [3.8, 4) is 5.69 Å². The molecule has 0 aliphatic heterocycles. The second kappa shape index (κ2) is 9.27. The van der Waals surface area contributed by atoms with Crippen LogP contribution in [0.4, 0.5) is 22.0 Å². The number of amides is 2. The maximum Gasteiger partial charge on any atom is 0.324 e. The summed E-state index contributed by atoms with van der Waals surface area (Å²) >= 11 is 0. The number of hydrogen-bond acceptors (Lipinski definition) is 4. The third-order valence-corrected chi connectivity index (χ3v) is 5.29. The Morgan fingerprint density at radius 2 is 1.68 bits per heavy atom. The van der Waals surface area contributed by atoms with Crippen LogP contribution in [0.5, 0.6) is 0 Å². The summed E-state index contributed by atoms with van der Waals surface area (Å²) in [5.41, 5.74) is 2.59. The maximum absolute atomic E-state index is 13.0. The Kier molecular flexibility index (Phi) is 6.23. The Morgan fingerprint density at radius 3 is 2.44 bits per heavy atom.